The first-order valence-electron chi connectivity index (χ1n) is 7.02. The highest BCUT2D eigenvalue weighted by Crippen LogP contribution is 2.25. The molecule has 2 N–H and O–H groups in total. The molecule has 0 saturated heterocycles. The van der Waals surface area contributed by atoms with Crippen LogP contribution in [0.15, 0.2) is 24.3 Å². The molecule has 0 spiro atoms. The minimum atomic E-state index is 0.0126. The number of benzene rings is 1. The van der Waals surface area contributed by atoms with Gasteiger partial charge in [-0.05, 0) is 43.5 Å². The lowest BCUT2D eigenvalue weighted by Gasteiger charge is -2.30. The highest BCUT2D eigenvalue weighted by Gasteiger charge is 2.24. The van der Waals surface area contributed by atoms with E-state index < -0.39 is 0 Å². The van der Waals surface area contributed by atoms with Gasteiger partial charge in [0.2, 0.25) is 0 Å². The van der Waals surface area contributed by atoms with Crippen molar-refractivity contribution < 1.29 is 4.79 Å². The Morgan fingerprint density at radius 3 is 2.90 bits per heavy atom. The summed E-state index contributed by atoms with van der Waals surface area (Å²) in [6.07, 6.45) is 0.796. The van der Waals surface area contributed by atoms with Crippen LogP contribution in [0.2, 0.25) is 0 Å². The van der Waals surface area contributed by atoms with Crippen LogP contribution < -0.4 is 5.73 Å². The molecule has 5 heteroatoms. The molecule has 3 rings (SSSR count). The lowest BCUT2D eigenvalue weighted by molar-refractivity contribution is 0.0733. The number of amides is 1. The van der Waals surface area contributed by atoms with Crippen molar-refractivity contribution in [2.24, 2.45) is 0 Å². The molecule has 0 fully saturated rings. The predicted octanol–water partition coefficient (Wildman–Crippen LogP) is 1.87. The van der Waals surface area contributed by atoms with Gasteiger partial charge in [-0.1, -0.05) is 12.1 Å². The van der Waals surface area contributed by atoms with Gasteiger partial charge in [0.05, 0.1) is 17.0 Å². The molecular weight excluding hydrogens is 264 g/mol. The second kappa shape index (κ2) is 5.16. The number of aromatic nitrogens is 2. The number of anilines is 1. The van der Waals surface area contributed by atoms with Crippen LogP contribution in [0.25, 0.3) is 0 Å². The molecule has 0 atom stereocenters. The minimum Gasteiger partial charge on any atom is -0.398 e. The molecule has 1 amide bonds. The molecule has 2 aromatic rings. The molecule has 0 saturated carbocycles. The Labute approximate surface area is 123 Å². The van der Waals surface area contributed by atoms with Crippen LogP contribution in [-0.4, -0.2) is 27.5 Å². The van der Waals surface area contributed by atoms with Crippen molar-refractivity contribution in [1.82, 2.24) is 15.1 Å². The van der Waals surface area contributed by atoms with Gasteiger partial charge in [-0.3, -0.25) is 4.79 Å². The van der Waals surface area contributed by atoms with Gasteiger partial charge >= 0.3 is 0 Å². The van der Waals surface area contributed by atoms with Crippen molar-refractivity contribution >= 4 is 11.6 Å². The van der Waals surface area contributed by atoms with Crippen LogP contribution in [0.1, 0.15) is 32.9 Å². The molecule has 21 heavy (non-hydrogen) atoms. The van der Waals surface area contributed by atoms with Crippen LogP contribution in [0.3, 0.4) is 0 Å². The van der Waals surface area contributed by atoms with E-state index in [0.717, 1.165) is 23.4 Å². The number of carbonyl (C=O) groups is 1. The summed E-state index contributed by atoms with van der Waals surface area (Å²) in [7, 11) is 0. The van der Waals surface area contributed by atoms with Crippen LogP contribution in [0.4, 0.5) is 5.69 Å². The molecule has 0 bridgehead atoms. The normalized spacial score (nSPS) is 13.9. The van der Waals surface area contributed by atoms with E-state index >= 15 is 0 Å². The van der Waals surface area contributed by atoms with E-state index in [1.807, 2.05) is 36.9 Å². The summed E-state index contributed by atoms with van der Waals surface area (Å²) in [6, 6.07) is 7.69. The summed E-state index contributed by atoms with van der Waals surface area (Å²) < 4.78 is 0. The van der Waals surface area contributed by atoms with E-state index in [4.69, 9.17) is 5.73 Å². The van der Waals surface area contributed by atoms with E-state index in [0.29, 0.717) is 24.3 Å². The number of nitrogens with two attached hydrogens (primary N) is 1. The highest BCUT2D eigenvalue weighted by molar-refractivity contribution is 5.95. The maximum absolute atomic E-state index is 12.7. The molecule has 0 unspecified atom stereocenters. The van der Waals surface area contributed by atoms with Gasteiger partial charge in [0.15, 0.2) is 0 Å². The summed E-state index contributed by atoms with van der Waals surface area (Å²) in [4.78, 5) is 14.5. The van der Waals surface area contributed by atoms with Crippen molar-refractivity contribution in [1.29, 1.82) is 0 Å². The summed E-state index contributed by atoms with van der Waals surface area (Å²) >= 11 is 0. The maximum Gasteiger partial charge on any atom is 0.256 e. The van der Waals surface area contributed by atoms with E-state index in [-0.39, 0.29) is 5.91 Å². The van der Waals surface area contributed by atoms with Gasteiger partial charge in [0.25, 0.3) is 5.91 Å². The zero-order chi connectivity index (χ0) is 15.0. The first-order valence-corrected chi connectivity index (χ1v) is 7.02. The van der Waals surface area contributed by atoms with Gasteiger partial charge in [-0.25, -0.2) is 0 Å². The molecule has 1 aliphatic heterocycles. The van der Waals surface area contributed by atoms with Gasteiger partial charge in [0, 0.05) is 18.8 Å². The van der Waals surface area contributed by atoms with Crippen LogP contribution >= 0.6 is 0 Å². The predicted molar refractivity (Wildman–Crippen MR) is 80.8 cm³/mol. The topological polar surface area (TPSA) is 72.1 Å². The third-order valence-electron chi connectivity index (χ3n) is 3.92. The molecule has 1 aliphatic rings. The zero-order valence-electron chi connectivity index (χ0n) is 12.3. The number of nitrogens with zero attached hydrogens (tertiary/aromatic N) is 3. The quantitative estimate of drug-likeness (QED) is 0.811. The minimum absolute atomic E-state index is 0.0126. The number of hydrogen-bond acceptors (Lipinski definition) is 4. The number of hydrogen-bond donors (Lipinski definition) is 1. The molecule has 5 nitrogen and oxygen atoms in total. The third-order valence-corrected chi connectivity index (χ3v) is 3.92. The van der Waals surface area contributed by atoms with Crippen molar-refractivity contribution in [2.45, 2.75) is 26.8 Å². The van der Waals surface area contributed by atoms with Crippen LogP contribution in [-0.2, 0) is 13.0 Å². The summed E-state index contributed by atoms with van der Waals surface area (Å²) in [6.45, 7) is 4.94. The van der Waals surface area contributed by atoms with Gasteiger partial charge < -0.3 is 10.6 Å². The molecule has 1 aromatic carbocycles. The first-order chi connectivity index (χ1) is 10.1. The second-order valence-corrected chi connectivity index (χ2v) is 5.45. The number of nitrogen functional groups attached to an aromatic ring is 1. The molecule has 108 valence electrons. The van der Waals surface area contributed by atoms with Crippen molar-refractivity contribution in [3.05, 3.63) is 52.3 Å². The lowest BCUT2D eigenvalue weighted by atomic mass is 9.97. The number of fused-ring (bicyclic) bond motifs is 1. The average Bonchev–Trinajstić information content (AvgIpc) is 2.49. The molecular formula is C16H18N4O. The SMILES string of the molecule is Cc1cc(C(=O)N2CCc3c(N)cccc3C2)c(C)nn1. The van der Waals surface area contributed by atoms with Gasteiger partial charge in [-0.2, -0.15) is 10.2 Å². The van der Waals surface area contributed by atoms with E-state index in [9.17, 15) is 4.79 Å². The average molecular weight is 282 g/mol. The third kappa shape index (κ3) is 2.46. The fraction of sp³-hybridized carbons (Fsp3) is 0.312. The number of carbonyl (C=O) groups excluding carboxylic acids is 1. The number of rotatable bonds is 1. The summed E-state index contributed by atoms with van der Waals surface area (Å²) in [5.74, 6) is 0.0126. The maximum atomic E-state index is 12.7. The first kappa shape index (κ1) is 13.5. The summed E-state index contributed by atoms with van der Waals surface area (Å²) in [5.41, 5.74) is 11.2. The Kier molecular flexibility index (Phi) is 3.33. The van der Waals surface area contributed by atoms with E-state index in [1.54, 1.807) is 6.07 Å². The molecule has 1 aromatic heterocycles. The zero-order valence-corrected chi connectivity index (χ0v) is 12.3. The monoisotopic (exact) mass is 282 g/mol. The summed E-state index contributed by atoms with van der Waals surface area (Å²) in [5, 5.41) is 8.01. The van der Waals surface area contributed by atoms with Crippen molar-refractivity contribution in [3.8, 4) is 0 Å². The molecule has 2 heterocycles. The fourth-order valence-electron chi connectivity index (χ4n) is 2.75. The highest BCUT2D eigenvalue weighted by atomic mass is 16.2. The van der Waals surface area contributed by atoms with Crippen molar-refractivity contribution in [3.63, 3.8) is 0 Å². The number of aryl methyl sites for hydroxylation is 2. The molecule has 0 aliphatic carbocycles. The second-order valence-electron chi connectivity index (χ2n) is 5.45. The Hall–Kier alpha value is -2.43. The van der Waals surface area contributed by atoms with E-state index in [1.165, 1.54) is 5.56 Å². The Morgan fingerprint density at radius 2 is 2.10 bits per heavy atom. The lowest BCUT2D eigenvalue weighted by Crippen LogP contribution is -2.36. The van der Waals surface area contributed by atoms with Crippen molar-refractivity contribution in [2.75, 3.05) is 12.3 Å². The van der Waals surface area contributed by atoms with E-state index in [2.05, 4.69) is 10.2 Å². The van der Waals surface area contributed by atoms with Gasteiger partial charge in [0.1, 0.15) is 0 Å². The largest absolute Gasteiger partial charge is 0.398 e. The van der Waals surface area contributed by atoms with Crippen LogP contribution in [0.5, 0.6) is 0 Å². The standard InChI is InChI=1S/C16H18N4O/c1-10-8-14(11(2)19-18-10)16(21)20-7-6-13-12(9-20)4-3-5-15(13)17/h3-5,8H,6-7,9,17H2,1-2H3. The van der Waals surface area contributed by atoms with Gasteiger partial charge in [-0.15, -0.1) is 0 Å². The van der Waals surface area contributed by atoms with Crippen LogP contribution in [0, 0.1) is 13.8 Å². The fourth-order valence-corrected chi connectivity index (χ4v) is 2.75. The smallest absolute Gasteiger partial charge is 0.256 e. The molecule has 0 radical (unpaired) electrons. The Morgan fingerprint density at radius 1 is 1.29 bits per heavy atom. The Balaban J connectivity index is 1.89. The Bertz CT molecular complexity index is 711.